The Morgan fingerprint density at radius 2 is 1.37 bits per heavy atom. The van der Waals surface area contributed by atoms with Gasteiger partial charge in [-0.15, -0.1) is 11.6 Å². The third-order valence-electron chi connectivity index (χ3n) is 3.64. The highest BCUT2D eigenvalue weighted by Gasteiger charge is 2.17. The zero-order valence-corrected chi connectivity index (χ0v) is 17.5. The van der Waals surface area contributed by atoms with E-state index < -0.39 is 20.0 Å². The normalized spacial score (nSPS) is 12.3. The average Bonchev–Trinajstić information content (AvgIpc) is 2.59. The van der Waals surface area contributed by atoms with Crippen LogP contribution in [0.15, 0.2) is 58.3 Å². The highest BCUT2D eigenvalue weighted by Crippen LogP contribution is 2.19. The third kappa shape index (κ3) is 6.21. The standard InChI is InChI=1S/C18H23ClN2O4S2/c1-14(2)20-26(22,23)18-11-7-16(8-12-18)21-27(24,25)17-9-5-15(6-10-17)4-3-13-19/h5-12,14,20-21H,3-4,13H2,1-2H3. The number of alkyl halides is 1. The molecule has 0 aliphatic heterocycles. The zero-order valence-electron chi connectivity index (χ0n) is 15.1. The number of benzene rings is 2. The van der Waals surface area contributed by atoms with Crippen molar-refractivity contribution in [2.45, 2.75) is 42.5 Å². The molecule has 0 spiro atoms. The Balaban J connectivity index is 2.13. The monoisotopic (exact) mass is 430 g/mol. The smallest absolute Gasteiger partial charge is 0.261 e. The van der Waals surface area contributed by atoms with Crippen molar-refractivity contribution in [2.24, 2.45) is 0 Å². The van der Waals surface area contributed by atoms with Crippen molar-refractivity contribution in [1.29, 1.82) is 0 Å². The first kappa shape index (κ1) is 21.7. The maximum absolute atomic E-state index is 12.5. The van der Waals surface area contributed by atoms with Gasteiger partial charge in [0.05, 0.1) is 9.79 Å². The van der Waals surface area contributed by atoms with E-state index in [1.165, 1.54) is 36.4 Å². The first-order valence-corrected chi connectivity index (χ1v) is 11.9. The van der Waals surface area contributed by atoms with Crippen LogP contribution in [0.25, 0.3) is 0 Å². The quantitative estimate of drug-likeness (QED) is 0.596. The molecule has 0 saturated carbocycles. The minimum absolute atomic E-state index is 0.0720. The van der Waals surface area contributed by atoms with Gasteiger partial charge >= 0.3 is 0 Å². The summed E-state index contributed by atoms with van der Waals surface area (Å²) in [5.74, 6) is 0.556. The maximum atomic E-state index is 12.5. The molecular formula is C18H23ClN2O4S2. The van der Waals surface area contributed by atoms with E-state index in [9.17, 15) is 16.8 Å². The molecule has 0 radical (unpaired) electrons. The predicted molar refractivity (Wildman–Crippen MR) is 108 cm³/mol. The Labute approximate surface area is 166 Å². The van der Waals surface area contributed by atoms with Crippen molar-refractivity contribution in [3.8, 4) is 0 Å². The number of halogens is 1. The van der Waals surface area contributed by atoms with Crippen LogP contribution in [0.3, 0.4) is 0 Å². The van der Waals surface area contributed by atoms with E-state index in [1.807, 2.05) is 0 Å². The second-order valence-corrected chi connectivity index (χ2v) is 10.1. The summed E-state index contributed by atoms with van der Waals surface area (Å²) >= 11 is 5.66. The van der Waals surface area contributed by atoms with Gasteiger partial charge in [-0.1, -0.05) is 12.1 Å². The van der Waals surface area contributed by atoms with Crippen LogP contribution >= 0.6 is 11.6 Å². The summed E-state index contributed by atoms with van der Waals surface area (Å²) in [5.41, 5.74) is 1.30. The molecule has 2 aromatic rings. The van der Waals surface area contributed by atoms with Gasteiger partial charge < -0.3 is 0 Å². The molecule has 0 unspecified atom stereocenters. The number of rotatable bonds is 9. The molecule has 0 fully saturated rings. The maximum Gasteiger partial charge on any atom is 0.261 e. The number of hydrogen-bond donors (Lipinski definition) is 2. The molecule has 0 aromatic heterocycles. The lowest BCUT2D eigenvalue weighted by atomic mass is 10.1. The van der Waals surface area contributed by atoms with Crippen LogP contribution in [-0.4, -0.2) is 28.8 Å². The largest absolute Gasteiger partial charge is 0.280 e. The van der Waals surface area contributed by atoms with Gasteiger partial charge in [0.2, 0.25) is 10.0 Å². The molecular weight excluding hydrogens is 408 g/mol. The van der Waals surface area contributed by atoms with Gasteiger partial charge in [0.15, 0.2) is 0 Å². The van der Waals surface area contributed by atoms with Crippen LogP contribution in [0.1, 0.15) is 25.8 Å². The van der Waals surface area contributed by atoms with Gasteiger partial charge in [0, 0.05) is 17.6 Å². The molecule has 0 amide bonds. The van der Waals surface area contributed by atoms with Crippen LogP contribution in [0.5, 0.6) is 0 Å². The molecule has 0 saturated heterocycles. The van der Waals surface area contributed by atoms with E-state index in [1.54, 1.807) is 26.0 Å². The fourth-order valence-corrected chi connectivity index (χ4v) is 4.84. The summed E-state index contributed by atoms with van der Waals surface area (Å²) in [5, 5.41) is 0. The lowest BCUT2D eigenvalue weighted by molar-refractivity contribution is 0.570. The number of sulfonamides is 2. The Bertz CT molecular complexity index is 955. The Kier molecular flexibility index (Phi) is 7.27. The van der Waals surface area contributed by atoms with Crippen molar-refractivity contribution in [1.82, 2.24) is 4.72 Å². The highest BCUT2D eigenvalue weighted by molar-refractivity contribution is 7.92. The zero-order chi connectivity index (χ0) is 20.1. The van der Waals surface area contributed by atoms with Crippen LogP contribution < -0.4 is 9.44 Å². The van der Waals surface area contributed by atoms with E-state index in [2.05, 4.69) is 9.44 Å². The van der Waals surface area contributed by atoms with Gasteiger partial charge in [0.1, 0.15) is 0 Å². The molecule has 0 aliphatic carbocycles. The molecule has 0 atom stereocenters. The summed E-state index contributed by atoms with van der Waals surface area (Å²) < 4.78 is 54.1. The Morgan fingerprint density at radius 3 is 1.89 bits per heavy atom. The lowest BCUT2D eigenvalue weighted by Gasteiger charge is -2.11. The molecule has 0 heterocycles. The van der Waals surface area contributed by atoms with Crippen molar-refractivity contribution in [3.05, 3.63) is 54.1 Å². The van der Waals surface area contributed by atoms with Crippen LogP contribution in [0.4, 0.5) is 5.69 Å². The molecule has 27 heavy (non-hydrogen) atoms. The molecule has 0 aliphatic rings. The van der Waals surface area contributed by atoms with Crippen molar-refractivity contribution >= 4 is 37.3 Å². The predicted octanol–water partition coefficient (Wildman–Crippen LogP) is 3.35. The summed E-state index contributed by atoms with van der Waals surface area (Å²) in [4.78, 5) is 0.207. The van der Waals surface area contributed by atoms with E-state index in [4.69, 9.17) is 11.6 Å². The minimum Gasteiger partial charge on any atom is -0.280 e. The molecule has 6 nitrogen and oxygen atoms in total. The lowest BCUT2D eigenvalue weighted by Crippen LogP contribution is -2.30. The van der Waals surface area contributed by atoms with Crippen LogP contribution in [-0.2, 0) is 26.5 Å². The van der Waals surface area contributed by atoms with Gasteiger partial charge in [-0.05, 0) is 68.7 Å². The second-order valence-electron chi connectivity index (χ2n) is 6.34. The van der Waals surface area contributed by atoms with Gasteiger partial charge in [-0.25, -0.2) is 21.6 Å². The Hall–Kier alpha value is -1.61. The first-order valence-electron chi connectivity index (χ1n) is 8.44. The van der Waals surface area contributed by atoms with E-state index >= 15 is 0 Å². The summed E-state index contributed by atoms with van der Waals surface area (Å²) in [6, 6.07) is 11.9. The van der Waals surface area contributed by atoms with Gasteiger partial charge in [-0.3, -0.25) is 4.72 Å². The van der Waals surface area contributed by atoms with Crippen LogP contribution in [0, 0.1) is 0 Å². The first-order chi connectivity index (χ1) is 12.6. The summed E-state index contributed by atoms with van der Waals surface area (Å²) in [7, 11) is -7.38. The summed E-state index contributed by atoms with van der Waals surface area (Å²) in [6.07, 6.45) is 1.62. The highest BCUT2D eigenvalue weighted by atomic mass is 35.5. The van der Waals surface area contributed by atoms with E-state index in [0.717, 1.165) is 18.4 Å². The van der Waals surface area contributed by atoms with Crippen molar-refractivity contribution in [3.63, 3.8) is 0 Å². The van der Waals surface area contributed by atoms with Crippen molar-refractivity contribution < 1.29 is 16.8 Å². The number of anilines is 1. The van der Waals surface area contributed by atoms with Crippen LogP contribution in [0.2, 0.25) is 0 Å². The third-order valence-corrected chi connectivity index (χ3v) is 6.98. The Morgan fingerprint density at radius 1 is 0.852 bits per heavy atom. The topological polar surface area (TPSA) is 92.3 Å². The van der Waals surface area contributed by atoms with E-state index in [0.29, 0.717) is 5.88 Å². The average molecular weight is 431 g/mol. The molecule has 148 valence electrons. The molecule has 2 rings (SSSR count). The van der Waals surface area contributed by atoms with Crippen molar-refractivity contribution in [2.75, 3.05) is 10.6 Å². The fourth-order valence-electron chi connectivity index (χ4n) is 2.40. The minimum atomic E-state index is -3.76. The number of aryl methyl sites for hydroxylation is 1. The summed E-state index contributed by atoms with van der Waals surface area (Å²) in [6.45, 7) is 3.45. The second kappa shape index (κ2) is 9.05. The fraction of sp³-hybridized carbons (Fsp3) is 0.333. The molecule has 2 aromatic carbocycles. The van der Waals surface area contributed by atoms with Gasteiger partial charge in [0.25, 0.3) is 10.0 Å². The van der Waals surface area contributed by atoms with E-state index in [-0.39, 0.29) is 21.5 Å². The number of hydrogen-bond acceptors (Lipinski definition) is 4. The molecule has 2 N–H and O–H groups in total. The van der Waals surface area contributed by atoms with Gasteiger partial charge in [-0.2, -0.15) is 0 Å². The number of nitrogens with one attached hydrogen (secondary N) is 2. The molecule has 9 heteroatoms. The molecule has 0 bridgehead atoms. The SMILES string of the molecule is CC(C)NS(=O)(=O)c1ccc(NS(=O)(=O)c2ccc(CCCCl)cc2)cc1.